The van der Waals surface area contributed by atoms with E-state index < -0.39 is 10.0 Å². The zero-order valence-electron chi connectivity index (χ0n) is 18.9. The average molecular weight is 451 g/mol. The highest BCUT2D eigenvalue weighted by Gasteiger charge is 2.29. The fourth-order valence-electron chi connectivity index (χ4n) is 3.22. The first-order valence-electron chi connectivity index (χ1n) is 10.7. The third-order valence-corrected chi connectivity index (χ3v) is 7.33. The van der Waals surface area contributed by atoms with Crippen LogP contribution in [0.15, 0.2) is 83.8 Å². The summed E-state index contributed by atoms with van der Waals surface area (Å²) in [5.74, 6) is -0.0400. The van der Waals surface area contributed by atoms with Gasteiger partial charge in [-0.05, 0) is 49.6 Å². The lowest BCUT2D eigenvalue weighted by Crippen LogP contribution is -2.38. The highest BCUT2D eigenvalue weighted by molar-refractivity contribution is 7.92. The van der Waals surface area contributed by atoms with Gasteiger partial charge in [-0.25, -0.2) is 8.42 Å². The van der Waals surface area contributed by atoms with Crippen LogP contribution in [-0.4, -0.2) is 20.4 Å². The Balaban J connectivity index is 2.10. The minimum absolute atomic E-state index is 0.0492. The number of para-hydroxylation sites is 1. The summed E-state index contributed by atoms with van der Waals surface area (Å²) in [6.45, 7) is 8.02. The molecule has 0 heterocycles. The van der Waals surface area contributed by atoms with Crippen LogP contribution in [0.2, 0.25) is 0 Å². The van der Waals surface area contributed by atoms with E-state index in [0.29, 0.717) is 11.3 Å². The molecule has 0 aliphatic heterocycles. The van der Waals surface area contributed by atoms with Gasteiger partial charge in [-0.3, -0.25) is 9.10 Å². The van der Waals surface area contributed by atoms with E-state index in [9.17, 15) is 13.2 Å². The summed E-state index contributed by atoms with van der Waals surface area (Å²) in [5.41, 5.74) is 2.48. The van der Waals surface area contributed by atoms with Gasteiger partial charge in [0.25, 0.3) is 15.9 Å². The number of carbonyl (C=O) groups is 1. The molecule has 0 saturated heterocycles. The van der Waals surface area contributed by atoms with Crippen LogP contribution in [-0.2, 0) is 16.6 Å². The third-order valence-electron chi connectivity index (χ3n) is 5.55. The molecule has 3 aromatic rings. The summed E-state index contributed by atoms with van der Waals surface area (Å²) >= 11 is 0. The Hall–Kier alpha value is -3.12. The topological polar surface area (TPSA) is 66.5 Å². The number of hydrogen-bond donors (Lipinski definition) is 1. The molecule has 1 N–H and O–H groups in total. The molecule has 1 amide bonds. The summed E-state index contributed by atoms with van der Waals surface area (Å²) in [5, 5.41) is 2.99. The second-order valence-corrected chi connectivity index (χ2v) is 10.2. The molecule has 0 bridgehead atoms. The van der Waals surface area contributed by atoms with Crippen LogP contribution in [0.1, 0.15) is 42.3 Å². The van der Waals surface area contributed by atoms with Gasteiger partial charge in [0.1, 0.15) is 0 Å². The van der Waals surface area contributed by atoms with Gasteiger partial charge in [-0.2, -0.15) is 0 Å². The van der Waals surface area contributed by atoms with Crippen LogP contribution in [0.4, 0.5) is 5.69 Å². The lowest BCUT2D eigenvalue weighted by molar-refractivity contribution is 0.0931. The van der Waals surface area contributed by atoms with Crippen molar-refractivity contribution in [1.29, 1.82) is 0 Å². The highest BCUT2D eigenvalue weighted by Crippen LogP contribution is 2.29. The predicted octanol–water partition coefficient (Wildman–Crippen LogP) is 5.16. The molecule has 5 nitrogen and oxygen atoms in total. The molecular weight excluding hydrogens is 420 g/mol. The van der Waals surface area contributed by atoms with Crippen LogP contribution < -0.4 is 9.62 Å². The molecule has 0 aliphatic rings. The number of benzene rings is 3. The van der Waals surface area contributed by atoms with Crippen molar-refractivity contribution in [3.8, 4) is 0 Å². The molecule has 32 heavy (non-hydrogen) atoms. The molecule has 3 rings (SSSR count). The summed E-state index contributed by atoms with van der Waals surface area (Å²) in [4.78, 5) is 13.3. The van der Waals surface area contributed by atoms with Gasteiger partial charge in [0.05, 0.1) is 22.7 Å². The minimum atomic E-state index is -3.92. The van der Waals surface area contributed by atoms with Gasteiger partial charge >= 0.3 is 0 Å². The normalized spacial score (nSPS) is 12.4. The predicted molar refractivity (Wildman–Crippen MR) is 129 cm³/mol. The van der Waals surface area contributed by atoms with Crippen LogP contribution in [0.5, 0.6) is 0 Å². The van der Waals surface area contributed by atoms with E-state index in [1.807, 2.05) is 58.0 Å². The molecule has 0 saturated carbocycles. The van der Waals surface area contributed by atoms with Crippen LogP contribution in [0.3, 0.4) is 0 Å². The van der Waals surface area contributed by atoms with Crippen molar-refractivity contribution in [2.45, 2.75) is 45.2 Å². The number of nitrogens with zero attached hydrogens (tertiary/aromatic N) is 1. The molecule has 0 aliphatic carbocycles. The standard InChI is InChI=1S/C26H30N2O3S/c1-19(2)21(4)27-26(29)24-12-8-9-13-25(24)28(18-22-10-6-5-7-11-22)32(30,31)23-16-14-20(3)15-17-23/h5-17,19,21H,18H2,1-4H3,(H,27,29). The first-order chi connectivity index (χ1) is 15.2. The number of nitrogens with one attached hydrogen (secondary N) is 1. The molecule has 0 radical (unpaired) electrons. The molecule has 1 unspecified atom stereocenters. The van der Waals surface area contributed by atoms with Crippen molar-refractivity contribution in [3.05, 3.63) is 95.6 Å². The Morgan fingerprint density at radius 2 is 1.47 bits per heavy atom. The maximum absolute atomic E-state index is 13.7. The van der Waals surface area contributed by atoms with E-state index in [0.717, 1.165) is 11.1 Å². The Bertz CT molecular complexity index is 1160. The lowest BCUT2D eigenvalue weighted by Gasteiger charge is -2.27. The number of aryl methyl sites for hydroxylation is 1. The van der Waals surface area contributed by atoms with Crippen molar-refractivity contribution >= 4 is 21.6 Å². The van der Waals surface area contributed by atoms with Gasteiger partial charge in [-0.1, -0.05) is 74.0 Å². The average Bonchev–Trinajstić information content (AvgIpc) is 2.78. The van der Waals surface area contributed by atoms with Crippen molar-refractivity contribution in [2.75, 3.05) is 4.31 Å². The first-order valence-corrected chi connectivity index (χ1v) is 12.2. The number of carbonyl (C=O) groups excluding carboxylic acids is 1. The number of rotatable bonds is 8. The fraction of sp³-hybridized carbons (Fsp3) is 0.269. The van der Waals surface area contributed by atoms with Crippen LogP contribution in [0.25, 0.3) is 0 Å². The van der Waals surface area contributed by atoms with Crippen molar-refractivity contribution in [2.24, 2.45) is 5.92 Å². The summed E-state index contributed by atoms with van der Waals surface area (Å²) in [6, 6.07) is 22.9. The lowest BCUT2D eigenvalue weighted by atomic mass is 10.1. The molecule has 1 atom stereocenters. The maximum atomic E-state index is 13.7. The van der Waals surface area contributed by atoms with E-state index in [-0.39, 0.29) is 29.3 Å². The van der Waals surface area contributed by atoms with E-state index in [4.69, 9.17) is 0 Å². The SMILES string of the molecule is Cc1ccc(S(=O)(=O)N(Cc2ccccc2)c2ccccc2C(=O)NC(C)C(C)C)cc1. The Kier molecular flexibility index (Phi) is 7.36. The second-order valence-electron chi connectivity index (χ2n) is 8.33. The summed E-state index contributed by atoms with van der Waals surface area (Å²) in [7, 11) is -3.92. The molecule has 0 spiro atoms. The Morgan fingerprint density at radius 1 is 0.875 bits per heavy atom. The monoisotopic (exact) mass is 450 g/mol. The number of sulfonamides is 1. The Labute approximate surface area is 191 Å². The molecule has 6 heteroatoms. The highest BCUT2D eigenvalue weighted by atomic mass is 32.2. The quantitative estimate of drug-likeness (QED) is 0.515. The zero-order valence-corrected chi connectivity index (χ0v) is 19.8. The molecule has 0 aromatic heterocycles. The second kappa shape index (κ2) is 10.0. The summed E-state index contributed by atoms with van der Waals surface area (Å²) < 4.78 is 28.8. The zero-order chi connectivity index (χ0) is 23.3. The fourth-order valence-corrected chi connectivity index (χ4v) is 4.69. The van der Waals surface area contributed by atoms with Crippen LogP contribution >= 0.6 is 0 Å². The van der Waals surface area contributed by atoms with E-state index in [1.165, 1.54) is 4.31 Å². The van der Waals surface area contributed by atoms with Crippen molar-refractivity contribution in [3.63, 3.8) is 0 Å². The van der Waals surface area contributed by atoms with Crippen molar-refractivity contribution < 1.29 is 13.2 Å². The minimum Gasteiger partial charge on any atom is -0.349 e. The third kappa shape index (κ3) is 5.37. The van der Waals surface area contributed by atoms with Gasteiger partial charge in [-0.15, -0.1) is 0 Å². The number of amides is 1. The van der Waals surface area contributed by atoms with Gasteiger partial charge < -0.3 is 5.32 Å². The van der Waals surface area contributed by atoms with E-state index in [1.54, 1.807) is 48.5 Å². The first kappa shape index (κ1) is 23.5. The van der Waals surface area contributed by atoms with Gasteiger partial charge in [0, 0.05) is 6.04 Å². The van der Waals surface area contributed by atoms with Gasteiger partial charge in [0.15, 0.2) is 0 Å². The number of hydrogen-bond acceptors (Lipinski definition) is 3. The smallest absolute Gasteiger partial charge is 0.264 e. The molecule has 3 aromatic carbocycles. The maximum Gasteiger partial charge on any atom is 0.264 e. The van der Waals surface area contributed by atoms with E-state index >= 15 is 0 Å². The van der Waals surface area contributed by atoms with Gasteiger partial charge in [0.2, 0.25) is 0 Å². The largest absolute Gasteiger partial charge is 0.349 e. The summed E-state index contributed by atoms with van der Waals surface area (Å²) in [6.07, 6.45) is 0. The molecular formula is C26H30N2O3S. The van der Waals surface area contributed by atoms with Crippen LogP contribution in [0, 0.1) is 12.8 Å². The number of anilines is 1. The molecule has 168 valence electrons. The van der Waals surface area contributed by atoms with Crippen molar-refractivity contribution in [1.82, 2.24) is 5.32 Å². The van der Waals surface area contributed by atoms with E-state index in [2.05, 4.69) is 5.32 Å². The Morgan fingerprint density at radius 3 is 2.09 bits per heavy atom. The molecule has 0 fully saturated rings.